The second kappa shape index (κ2) is 9.09. The minimum absolute atomic E-state index is 0.0895. The molecule has 3 aromatic rings. The van der Waals surface area contributed by atoms with Crippen LogP contribution in [0.15, 0.2) is 12.3 Å². The summed E-state index contributed by atoms with van der Waals surface area (Å²) in [5.74, 6) is 1.56. The van der Waals surface area contributed by atoms with Gasteiger partial charge in [0.2, 0.25) is 5.95 Å². The van der Waals surface area contributed by atoms with Crippen LogP contribution in [0.3, 0.4) is 0 Å². The molecule has 9 nitrogen and oxygen atoms in total. The third-order valence-corrected chi connectivity index (χ3v) is 7.68. The molecule has 3 unspecified atom stereocenters. The Morgan fingerprint density at radius 1 is 1.15 bits per heavy atom. The zero-order chi connectivity index (χ0) is 23.1. The lowest BCUT2D eigenvalue weighted by Crippen LogP contribution is -2.30. The molecular formula is C23H30N6O3S. The first-order chi connectivity index (χ1) is 15.9. The van der Waals surface area contributed by atoms with E-state index in [0.717, 1.165) is 38.7 Å². The van der Waals surface area contributed by atoms with Gasteiger partial charge in [0.15, 0.2) is 0 Å². The average Bonchev–Trinajstić information content (AvgIpc) is 3.40. The van der Waals surface area contributed by atoms with Crippen LogP contribution in [0.4, 0.5) is 11.8 Å². The van der Waals surface area contributed by atoms with Gasteiger partial charge in [0.1, 0.15) is 16.3 Å². The number of rotatable bonds is 8. The number of pyridine rings is 1. The lowest BCUT2D eigenvalue weighted by Gasteiger charge is -2.20. The molecule has 0 saturated heterocycles. The van der Waals surface area contributed by atoms with Crippen LogP contribution in [-0.2, 0) is 0 Å². The molecule has 4 atom stereocenters. The number of nitrogens with one attached hydrogen (secondary N) is 2. The van der Waals surface area contributed by atoms with Crippen molar-refractivity contribution in [3.05, 3.63) is 23.7 Å². The molecule has 2 saturated carbocycles. The molecule has 2 aliphatic rings. The largest absolute Gasteiger partial charge is 0.394 e. The fraction of sp³-hybridized carbons (Fsp3) is 0.565. The predicted octanol–water partition coefficient (Wildman–Crippen LogP) is 2.49. The normalized spacial score (nSPS) is 23.7. The lowest BCUT2D eigenvalue weighted by atomic mass is 9.99. The minimum Gasteiger partial charge on any atom is -0.394 e. The van der Waals surface area contributed by atoms with Gasteiger partial charge >= 0.3 is 0 Å². The topological polar surface area (TPSA) is 136 Å². The number of aliphatic hydroxyl groups is 3. The minimum atomic E-state index is -0.936. The van der Waals surface area contributed by atoms with E-state index in [4.69, 9.17) is 15.0 Å². The number of fused-ring (bicyclic) bond motifs is 1. The first-order valence-electron chi connectivity index (χ1n) is 11.5. The molecule has 2 aliphatic carbocycles. The average molecular weight is 471 g/mol. The molecule has 5 rings (SSSR count). The number of aryl methyl sites for hydroxylation is 2. The highest BCUT2D eigenvalue weighted by Gasteiger charge is 2.38. The quantitative estimate of drug-likeness (QED) is 0.336. The van der Waals surface area contributed by atoms with Crippen molar-refractivity contribution in [3.8, 4) is 10.6 Å². The standard InChI is InChI=1S/C23H30N6O3S/c1-11-19(22-28-20-12(2)24-6-5-18(20)33-22)21(29-23(26-11)25-9-13-3-4-13)27-14-7-15(16(31)8-14)17(32)10-30/h5-6,13-17,30-32H,3-4,7-10H2,1-2H3,(H2,25,26,27,29)/t14?,15?,16-,17?/m0/s1. The third kappa shape index (κ3) is 4.65. The van der Waals surface area contributed by atoms with Crippen molar-refractivity contribution in [1.82, 2.24) is 19.9 Å². The van der Waals surface area contributed by atoms with Crippen LogP contribution in [0.5, 0.6) is 0 Å². The highest BCUT2D eigenvalue weighted by Crippen LogP contribution is 2.39. The van der Waals surface area contributed by atoms with Crippen molar-refractivity contribution in [1.29, 1.82) is 0 Å². The van der Waals surface area contributed by atoms with Gasteiger partial charge in [-0.15, -0.1) is 11.3 Å². The van der Waals surface area contributed by atoms with Crippen molar-refractivity contribution in [2.75, 3.05) is 23.8 Å². The van der Waals surface area contributed by atoms with Crippen molar-refractivity contribution in [2.24, 2.45) is 11.8 Å². The Bertz CT molecular complexity index is 1150. The second-order valence-electron chi connectivity index (χ2n) is 9.24. The summed E-state index contributed by atoms with van der Waals surface area (Å²) in [5.41, 5.74) is 3.42. The summed E-state index contributed by atoms with van der Waals surface area (Å²) in [6.45, 7) is 4.41. The summed E-state index contributed by atoms with van der Waals surface area (Å²) < 4.78 is 1.06. The fourth-order valence-corrected chi connectivity index (χ4v) is 5.68. The van der Waals surface area contributed by atoms with Crippen LogP contribution in [0.1, 0.15) is 37.1 Å². The van der Waals surface area contributed by atoms with Gasteiger partial charge in [-0.2, -0.15) is 4.98 Å². The molecule has 5 N–H and O–H groups in total. The Morgan fingerprint density at radius 2 is 1.97 bits per heavy atom. The van der Waals surface area contributed by atoms with E-state index in [1.54, 1.807) is 17.5 Å². The summed E-state index contributed by atoms with van der Waals surface area (Å²) in [5, 5.41) is 37.5. The summed E-state index contributed by atoms with van der Waals surface area (Å²) in [4.78, 5) is 18.7. The van der Waals surface area contributed by atoms with Gasteiger partial charge in [0, 0.05) is 24.7 Å². The summed E-state index contributed by atoms with van der Waals surface area (Å²) >= 11 is 1.58. The Hall–Kier alpha value is -2.40. The number of hydrogen-bond donors (Lipinski definition) is 5. The van der Waals surface area contributed by atoms with Gasteiger partial charge < -0.3 is 26.0 Å². The van der Waals surface area contributed by atoms with E-state index in [9.17, 15) is 15.3 Å². The van der Waals surface area contributed by atoms with E-state index < -0.39 is 12.2 Å². The van der Waals surface area contributed by atoms with Crippen LogP contribution in [0, 0.1) is 25.7 Å². The number of aliphatic hydroxyl groups excluding tert-OH is 3. The highest BCUT2D eigenvalue weighted by molar-refractivity contribution is 7.21. The summed E-state index contributed by atoms with van der Waals surface area (Å²) in [6, 6.07) is 1.88. The molecule has 10 heteroatoms. The molecule has 3 heterocycles. The van der Waals surface area contributed by atoms with Gasteiger partial charge in [-0.3, -0.25) is 4.98 Å². The van der Waals surface area contributed by atoms with Gasteiger partial charge in [-0.05, 0) is 51.5 Å². The number of nitrogens with zero attached hydrogens (tertiary/aromatic N) is 4. The molecule has 2 fully saturated rings. The molecule has 0 radical (unpaired) electrons. The molecule has 0 bridgehead atoms. The molecule has 0 spiro atoms. The molecule has 3 aromatic heterocycles. The van der Waals surface area contributed by atoms with Gasteiger partial charge in [0.25, 0.3) is 0 Å². The fourth-order valence-electron chi connectivity index (χ4n) is 4.57. The first-order valence-corrected chi connectivity index (χ1v) is 12.3. The molecule has 33 heavy (non-hydrogen) atoms. The van der Waals surface area contributed by atoms with E-state index in [0.29, 0.717) is 30.5 Å². The Morgan fingerprint density at radius 3 is 2.70 bits per heavy atom. The molecule has 0 aromatic carbocycles. The van der Waals surface area contributed by atoms with E-state index in [1.807, 2.05) is 19.9 Å². The maximum absolute atomic E-state index is 10.4. The van der Waals surface area contributed by atoms with Crippen LogP contribution >= 0.6 is 11.3 Å². The highest BCUT2D eigenvalue weighted by atomic mass is 32.1. The number of aromatic nitrogens is 4. The maximum Gasteiger partial charge on any atom is 0.224 e. The smallest absolute Gasteiger partial charge is 0.224 e. The molecule has 0 amide bonds. The van der Waals surface area contributed by atoms with Gasteiger partial charge in [-0.1, -0.05) is 0 Å². The van der Waals surface area contributed by atoms with Crippen LogP contribution in [-0.4, -0.2) is 66.7 Å². The molecule has 176 valence electrons. The first kappa shape index (κ1) is 22.4. The van der Waals surface area contributed by atoms with Crippen molar-refractivity contribution >= 4 is 33.3 Å². The maximum atomic E-state index is 10.4. The molecular weight excluding hydrogens is 440 g/mol. The lowest BCUT2D eigenvalue weighted by molar-refractivity contribution is -0.00104. The zero-order valence-electron chi connectivity index (χ0n) is 18.8. The Labute approximate surface area is 196 Å². The van der Waals surface area contributed by atoms with Gasteiger partial charge in [0.05, 0.1) is 40.5 Å². The summed E-state index contributed by atoms with van der Waals surface area (Å²) in [7, 11) is 0. The van der Waals surface area contributed by atoms with E-state index in [1.165, 1.54) is 12.8 Å². The van der Waals surface area contributed by atoms with E-state index in [2.05, 4.69) is 15.6 Å². The van der Waals surface area contributed by atoms with E-state index >= 15 is 0 Å². The van der Waals surface area contributed by atoms with Crippen LogP contribution in [0.25, 0.3) is 20.8 Å². The van der Waals surface area contributed by atoms with Crippen molar-refractivity contribution < 1.29 is 15.3 Å². The van der Waals surface area contributed by atoms with Gasteiger partial charge in [-0.25, -0.2) is 9.97 Å². The van der Waals surface area contributed by atoms with E-state index in [-0.39, 0.29) is 18.6 Å². The van der Waals surface area contributed by atoms with Crippen LogP contribution < -0.4 is 10.6 Å². The van der Waals surface area contributed by atoms with Crippen LogP contribution in [0.2, 0.25) is 0 Å². The monoisotopic (exact) mass is 470 g/mol. The number of hydrogen-bond acceptors (Lipinski definition) is 10. The number of anilines is 2. The summed E-state index contributed by atoms with van der Waals surface area (Å²) in [6.07, 6.45) is 3.66. The zero-order valence-corrected chi connectivity index (χ0v) is 19.6. The Balaban J connectivity index is 1.49. The second-order valence-corrected chi connectivity index (χ2v) is 10.3. The number of thiazole rings is 1. The predicted molar refractivity (Wildman–Crippen MR) is 128 cm³/mol. The SMILES string of the molecule is Cc1nc(NCC2CC2)nc(NC2CC(C(O)CO)[C@@H](O)C2)c1-c1nc2c(C)nccc2s1. The molecule has 0 aliphatic heterocycles. The third-order valence-electron chi connectivity index (χ3n) is 6.64. The Kier molecular flexibility index (Phi) is 6.17. The van der Waals surface area contributed by atoms with Crippen molar-refractivity contribution in [3.63, 3.8) is 0 Å². The van der Waals surface area contributed by atoms with Crippen molar-refractivity contribution in [2.45, 2.75) is 57.8 Å².